The number of amides is 1. The minimum atomic E-state index is -0.768. The molecule has 0 aliphatic carbocycles. The van der Waals surface area contributed by atoms with Gasteiger partial charge in [-0.25, -0.2) is 4.79 Å². The Kier molecular flexibility index (Phi) is 11.5. The van der Waals surface area contributed by atoms with Gasteiger partial charge in [-0.15, -0.1) is 0 Å². The third-order valence-corrected chi connectivity index (χ3v) is 4.70. The Labute approximate surface area is 149 Å². The Balaban J connectivity index is 4.60. The molecule has 0 heterocycles. The van der Waals surface area contributed by atoms with Crippen LogP contribution in [0.2, 0.25) is 0 Å². The number of aliphatic hydroxyl groups is 1. The van der Waals surface area contributed by atoms with Gasteiger partial charge < -0.3 is 15.2 Å². The molecule has 24 heavy (non-hydrogen) atoms. The maximum absolute atomic E-state index is 11.9. The molecule has 0 aliphatic heterocycles. The summed E-state index contributed by atoms with van der Waals surface area (Å²) in [6.07, 6.45) is 1.97. The first-order valence-electron chi connectivity index (χ1n) is 8.30. The van der Waals surface area contributed by atoms with Crippen LogP contribution in [-0.2, 0) is 14.3 Å². The standard InChI is InChI=1S/C18H31NO4S/c1-7-8-9-17(21)19-15(12(2)3)10-16(20)14(5)24-11-13(4)18(22)23-6/h11-12,15-16,20H,5,7-10H2,1-4,6H3,(H,19,21)/b13-11+. The molecular formula is C18H31NO4S. The molecule has 0 fully saturated rings. The van der Waals surface area contributed by atoms with Crippen molar-refractivity contribution < 1.29 is 19.4 Å². The highest BCUT2D eigenvalue weighted by atomic mass is 32.2. The lowest BCUT2D eigenvalue weighted by molar-refractivity contribution is -0.136. The molecule has 0 saturated heterocycles. The molecule has 2 unspecified atom stereocenters. The van der Waals surface area contributed by atoms with Gasteiger partial charge in [-0.2, -0.15) is 0 Å². The van der Waals surface area contributed by atoms with E-state index in [2.05, 4.69) is 16.6 Å². The summed E-state index contributed by atoms with van der Waals surface area (Å²) in [6.45, 7) is 11.6. The number of carbonyl (C=O) groups is 2. The zero-order valence-corrected chi connectivity index (χ0v) is 16.2. The topological polar surface area (TPSA) is 75.6 Å². The van der Waals surface area contributed by atoms with Crippen molar-refractivity contribution in [1.29, 1.82) is 0 Å². The number of unbranched alkanes of at least 4 members (excludes halogenated alkanes) is 1. The molecule has 0 saturated carbocycles. The summed E-state index contributed by atoms with van der Waals surface area (Å²) in [5, 5.41) is 14.9. The van der Waals surface area contributed by atoms with Gasteiger partial charge in [0.1, 0.15) is 0 Å². The zero-order chi connectivity index (χ0) is 18.7. The van der Waals surface area contributed by atoms with Crippen LogP contribution in [0.5, 0.6) is 0 Å². The van der Waals surface area contributed by atoms with Crippen molar-refractivity contribution in [1.82, 2.24) is 5.32 Å². The second-order valence-electron chi connectivity index (χ2n) is 6.15. The molecule has 0 rings (SSSR count). The van der Waals surface area contributed by atoms with Crippen LogP contribution >= 0.6 is 11.8 Å². The molecule has 0 aromatic rings. The van der Waals surface area contributed by atoms with Gasteiger partial charge in [-0.3, -0.25) is 4.79 Å². The Bertz CT molecular complexity index is 460. The molecule has 0 aromatic heterocycles. The fraction of sp³-hybridized carbons (Fsp3) is 0.667. The quantitative estimate of drug-likeness (QED) is 0.438. The van der Waals surface area contributed by atoms with Gasteiger partial charge in [0.05, 0.1) is 13.2 Å². The van der Waals surface area contributed by atoms with Gasteiger partial charge in [0, 0.05) is 22.9 Å². The third kappa shape index (κ3) is 9.13. The lowest BCUT2D eigenvalue weighted by Gasteiger charge is -2.25. The minimum absolute atomic E-state index is 0.0162. The predicted molar refractivity (Wildman–Crippen MR) is 99.4 cm³/mol. The van der Waals surface area contributed by atoms with Crippen molar-refractivity contribution in [3.63, 3.8) is 0 Å². The summed E-state index contributed by atoms with van der Waals surface area (Å²) in [6, 6.07) is -0.118. The van der Waals surface area contributed by atoms with Gasteiger partial charge in [0.2, 0.25) is 5.91 Å². The summed E-state index contributed by atoms with van der Waals surface area (Å²) in [5.74, 6) is -0.189. The highest BCUT2D eigenvalue weighted by molar-refractivity contribution is 8.05. The Morgan fingerprint density at radius 2 is 2.00 bits per heavy atom. The molecular weight excluding hydrogens is 326 g/mol. The minimum Gasteiger partial charge on any atom is -0.466 e. The van der Waals surface area contributed by atoms with Gasteiger partial charge in [0.15, 0.2) is 0 Å². The number of esters is 1. The Morgan fingerprint density at radius 1 is 1.38 bits per heavy atom. The van der Waals surface area contributed by atoms with Crippen LogP contribution in [0.1, 0.15) is 53.4 Å². The van der Waals surface area contributed by atoms with Gasteiger partial charge in [-0.1, -0.05) is 45.5 Å². The molecule has 138 valence electrons. The van der Waals surface area contributed by atoms with Crippen molar-refractivity contribution in [2.45, 2.75) is 65.5 Å². The van der Waals surface area contributed by atoms with Crippen LogP contribution in [0, 0.1) is 5.92 Å². The summed E-state index contributed by atoms with van der Waals surface area (Å²) in [5.41, 5.74) is 0.448. The van der Waals surface area contributed by atoms with Crippen LogP contribution in [0.15, 0.2) is 22.5 Å². The van der Waals surface area contributed by atoms with E-state index >= 15 is 0 Å². The number of hydrogen-bond donors (Lipinski definition) is 2. The van der Waals surface area contributed by atoms with Crippen LogP contribution in [0.3, 0.4) is 0 Å². The van der Waals surface area contributed by atoms with Crippen molar-refractivity contribution in [3.8, 4) is 0 Å². The number of aliphatic hydroxyl groups excluding tert-OH is 1. The second-order valence-corrected chi connectivity index (χ2v) is 7.15. The summed E-state index contributed by atoms with van der Waals surface area (Å²) >= 11 is 1.20. The maximum atomic E-state index is 11.9. The number of methoxy groups -OCH3 is 1. The zero-order valence-electron chi connectivity index (χ0n) is 15.4. The first-order valence-corrected chi connectivity index (χ1v) is 9.18. The van der Waals surface area contributed by atoms with E-state index in [0.29, 0.717) is 23.3 Å². The number of ether oxygens (including phenoxy) is 1. The third-order valence-electron chi connectivity index (χ3n) is 3.65. The normalized spacial score (nSPS) is 14.2. The molecule has 2 N–H and O–H groups in total. The number of rotatable bonds is 11. The smallest absolute Gasteiger partial charge is 0.333 e. The molecule has 0 aromatic carbocycles. The van der Waals surface area contributed by atoms with Gasteiger partial charge >= 0.3 is 5.97 Å². The average molecular weight is 358 g/mol. The molecule has 0 spiro atoms. The fourth-order valence-corrected chi connectivity index (χ4v) is 2.62. The van der Waals surface area contributed by atoms with Crippen LogP contribution in [0.25, 0.3) is 0 Å². The predicted octanol–water partition coefficient (Wildman–Crippen LogP) is 3.39. The molecule has 0 radical (unpaired) electrons. The first-order chi connectivity index (χ1) is 11.2. The number of hydrogen-bond acceptors (Lipinski definition) is 5. The van der Waals surface area contributed by atoms with E-state index < -0.39 is 12.1 Å². The molecule has 0 aliphatic rings. The van der Waals surface area contributed by atoms with Crippen molar-refractivity contribution in [2.24, 2.45) is 5.92 Å². The Morgan fingerprint density at radius 3 is 2.50 bits per heavy atom. The van der Waals surface area contributed by atoms with E-state index in [1.807, 2.05) is 20.8 Å². The highest BCUT2D eigenvalue weighted by Crippen LogP contribution is 2.24. The van der Waals surface area contributed by atoms with E-state index in [9.17, 15) is 14.7 Å². The Hall–Kier alpha value is -1.27. The van der Waals surface area contributed by atoms with Crippen LogP contribution < -0.4 is 5.32 Å². The van der Waals surface area contributed by atoms with E-state index in [1.165, 1.54) is 18.9 Å². The number of carbonyl (C=O) groups excluding carboxylic acids is 2. The molecule has 2 atom stereocenters. The second kappa shape index (κ2) is 12.1. The largest absolute Gasteiger partial charge is 0.466 e. The SMILES string of the molecule is C=C(S/C=C(\C)C(=O)OC)C(O)CC(NC(=O)CCCC)C(C)C. The fourth-order valence-electron chi connectivity index (χ4n) is 1.94. The first kappa shape index (κ1) is 22.7. The highest BCUT2D eigenvalue weighted by Gasteiger charge is 2.21. The maximum Gasteiger partial charge on any atom is 0.333 e. The molecule has 0 bridgehead atoms. The van der Waals surface area contributed by atoms with Crippen molar-refractivity contribution >= 4 is 23.6 Å². The average Bonchev–Trinajstić information content (AvgIpc) is 2.55. The van der Waals surface area contributed by atoms with E-state index in [0.717, 1.165) is 12.8 Å². The lowest BCUT2D eigenvalue weighted by atomic mass is 9.97. The monoisotopic (exact) mass is 357 g/mol. The van der Waals surface area contributed by atoms with Crippen molar-refractivity contribution in [3.05, 3.63) is 22.5 Å². The molecule has 6 heteroatoms. The van der Waals surface area contributed by atoms with Crippen LogP contribution in [-0.4, -0.2) is 36.2 Å². The van der Waals surface area contributed by atoms with E-state index in [-0.39, 0.29) is 17.9 Å². The summed E-state index contributed by atoms with van der Waals surface area (Å²) in [7, 11) is 1.32. The summed E-state index contributed by atoms with van der Waals surface area (Å²) < 4.78 is 4.62. The van der Waals surface area contributed by atoms with E-state index in [4.69, 9.17) is 0 Å². The van der Waals surface area contributed by atoms with E-state index in [1.54, 1.807) is 12.3 Å². The number of thioether (sulfide) groups is 1. The number of nitrogens with one attached hydrogen (secondary N) is 1. The van der Waals surface area contributed by atoms with Gasteiger partial charge in [0.25, 0.3) is 0 Å². The lowest BCUT2D eigenvalue weighted by Crippen LogP contribution is -2.40. The van der Waals surface area contributed by atoms with Gasteiger partial charge in [-0.05, 0) is 31.1 Å². The summed E-state index contributed by atoms with van der Waals surface area (Å²) in [4.78, 5) is 23.8. The molecule has 5 nitrogen and oxygen atoms in total. The van der Waals surface area contributed by atoms with Crippen molar-refractivity contribution in [2.75, 3.05) is 7.11 Å². The van der Waals surface area contributed by atoms with Crippen LogP contribution in [0.4, 0.5) is 0 Å². The molecule has 1 amide bonds.